The summed E-state index contributed by atoms with van der Waals surface area (Å²) in [6.45, 7) is 1.65. The molecule has 0 unspecified atom stereocenters. The summed E-state index contributed by atoms with van der Waals surface area (Å²) in [6.07, 6.45) is -4.05. The van der Waals surface area contributed by atoms with Crippen molar-refractivity contribution >= 4 is 22.4 Å². The van der Waals surface area contributed by atoms with Crippen molar-refractivity contribution < 1.29 is 26.7 Å². The van der Waals surface area contributed by atoms with E-state index >= 15 is 0 Å². The average molecular weight is 478 g/mol. The molecule has 0 radical (unpaired) electrons. The zero-order valence-corrected chi connectivity index (χ0v) is 17.8. The lowest BCUT2D eigenvalue weighted by atomic mass is 10.1. The molecule has 2 aromatic carbocycles. The van der Waals surface area contributed by atoms with Crippen LogP contribution < -0.4 is 5.32 Å². The van der Waals surface area contributed by atoms with Crippen LogP contribution in [0.4, 0.5) is 27.1 Å². The normalized spacial score (nSPS) is 11.6. The smallest absolute Gasteiger partial charge is 0.298 e. The van der Waals surface area contributed by atoms with E-state index in [4.69, 9.17) is 0 Å². The summed E-state index contributed by atoms with van der Waals surface area (Å²) >= 11 is 1.03. The van der Waals surface area contributed by atoms with Crippen molar-refractivity contribution in [2.45, 2.75) is 19.5 Å². The molecule has 0 spiro atoms. The van der Waals surface area contributed by atoms with Crippen LogP contribution in [-0.4, -0.2) is 20.7 Å². The number of alkyl halides is 3. The minimum Gasteiger partial charge on any atom is -0.298 e. The van der Waals surface area contributed by atoms with Gasteiger partial charge in [-0.2, -0.15) is 18.3 Å². The maximum Gasteiger partial charge on any atom is 0.434 e. The first-order valence-corrected chi connectivity index (χ1v) is 10.4. The monoisotopic (exact) mass is 478 g/mol. The summed E-state index contributed by atoms with van der Waals surface area (Å²) in [7, 11) is 0. The summed E-state index contributed by atoms with van der Waals surface area (Å²) in [5, 5.41) is 5.99. The molecule has 0 saturated carbocycles. The quantitative estimate of drug-likeness (QED) is 0.370. The van der Waals surface area contributed by atoms with E-state index in [2.05, 4.69) is 15.4 Å². The Bertz CT molecular complexity index is 1330. The topological polar surface area (TPSA) is 59.8 Å². The third-order valence-electron chi connectivity index (χ3n) is 4.78. The minimum atomic E-state index is -4.99. The highest BCUT2D eigenvalue weighted by Crippen LogP contribution is 2.35. The van der Waals surface area contributed by atoms with Crippen LogP contribution in [0.25, 0.3) is 5.69 Å². The van der Waals surface area contributed by atoms with Crippen molar-refractivity contribution in [3.63, 3.8) is 0 Å². The molecule has 5 nitrogen and oxygen atoms in total. The standard InChI is InChI=1S/C22H15F5N4OS/c1-12-18(10-13-6-2-3-7-15(13)23)33-21(29-12)30-20(32)14-11-28-31(19(14)22(25,26)27)17-9-5-4-8-16(17)24/h2-9,11H,10H2,1H3,(H,29,30,32). The largest absolute Gasteiger partial charge is 0.434 e. The molecule has 0 aliphatic heterocycles. The van der Waals surface area contributed by atoms with Crippen LogP contribution in [0, 0.1) is 18.6 Å². The highest BCUT2D eigenvalue weighted by Gasteiger charge is 2.41. The molecule has 0 aliphatic carbocycles. The second-order valence-corrected chi connectivity index (χ2v) is 8.10. The molecule has 1 amide bonds. The predicted molar refractivity (Wildman–Crippen MR) is 113 cm³/mol. The SMILES string of the molecule is Cc1nc(NC(=O)c2cnn(-c3ccccc3F)c2C(F)(F)F)sc1Cc1ccccc1F. The van der Waals surface area contributed by atoms with E-state index < -0.39 is 40.7 Å². The number of nitrogens with one attached hydrogen (secondary N) is 1. The third kappa shape index (κ3) is 4.63. The number of anilines is 1. The molecule has 2 heterocycles. The molecule has 2 aromatic heterocycles. The van der Waals surface area contributed by atoms with Crippen molar-refractivity contribution in [1.82, 2.24) is 14.8 Å². The van der Waals surface area contributed by atoms with Gasteiger partial charge >= 0.3 is 6.18 Å². The first-order valence-electron chi connectivity index (χ1n) is 9.56. The van der Waals surface area contributed by atoms with Gasteiger partial charge in [-0.3, -0.25) is 10.1 Å². The number of hydrogen-bond acceptors (Lipinski definition) is 4. The molecular weight excluding hydrogens is 463 g/mol. The van der Waals surface area contributed by atoms with Gasteiger partial charge in [0.15, 0.2) is 10.8 Å². The Hall–Kier alpha value is -3.60. The highest BCUT2D eigenvalue weighted by atomic mass is 32.1. The van der Waals surface area contributed by atoms with Crippen LogP contribution in [0.15, 0.2) is 54.7 Å². The van der Waals surface area contributed by atoms with Crippen molar-refractivity contribution in [1.29, 1.82) is 0 Å². The lowest BCUT2D eigenvalue weighted by molar-refractivity contribution is -0.143. The summed E-state index contributed by atoms with van der Waals surface area (Å²) in [5.41, 5.74) is -1.70. The molecule has 4 rings (SSSR count). The molecule has 11 heteroatoms. The van der Waals surface area contributed by atoms with Gasteiger partial charge in [0.2, 0.25) is 0 Å². The van der Waals surface area contributed by atoms with Crippen molar-refractivity contribution in [2.24, 2.45) is 0 Å². The van der Waals surface area contributed by atoms with Gasteiger partial charge in [0, 0.05) is 11.3 Å². The predicted octanol–water partition coefficient (Wildman–Crippen LogP) is 5.78. The van der Waals surface area contributed by atoms with E-state index in [1.165, 1.54) is 18.2 Å². The second-order valence-electron chi connectivity index (χ2n) is 7.02. The maximum absolute atomic E-state index is 14.1. The van der Waals surface area contributed by atoms with Gasteiger partial charge < -0.3 is 0 Å². The number of para-hydroxylation sites is 1. The fourth-order valence-corrected chi connectivity index (χ4v) is 4.20. The highest BCUT2D eigenvalue weighted by molar-refractivity contribution is 7.15. The van der Waals surface area contributed by atoms with Gasteiger partial charge in [-0.1, -0.05) is 30.3 Å². The van der Waals surface area contributed by atoms with Crippen LogP contribution in [0.5, 0.6) is 0 Å². The number of amides is 1. The lowest BCUT2D eigenvalue weighted by Gasteiger charge is -2.13. The number of aryl methyl sites for hydroxylation is 1. The second kappa shape index (κ2) is 8.74. The Morgan fingerprint density at radius 2 is 1.73 bits per heavy atom. The van der Waals surface area contributed by atoms with E-state index in [1.807, 2.05) is 0 Å². The first kappa shape index (κ1) is 22.6. The summed E-state index contributed by atoms with van der Waals surface area (Å²) in [5.74, 6) is -2.42. The van der Waals surface area contributed by atoms with Gasteiger partial charge in [-0.05, 0) is 30.7 Å². The van der Waals surface area contributed by atoms with Gasteiger partial charge in [-0.25, -0.2) is 18.4 Å². The average Bonchev–Trinajstić information content (AvgIpc) is 3.34. The minimum absolute atomic E-state index is 0.0515. The molecule has 0 aliphatic rings. The van der Waals surface area contributed by atoms with Crippen molar-refractivity contribution in [3.8, 4) is 5.69 Å². The van der Waals surface area contributed by atoms with Crippen LogP contribution in [0.3, 0.4) is 0 Å². The Labute approximate surface area is 188 Å². The van der Waals surface area contributed by atoms with Crippen LogP contribution >= 0.6 is 11.3 Å². The number of benzene rings is 2. The summed E-state index contributed by atoms with van der Waals surface area (Å²) in [4.78, 5) is 17.5. The van der Waals surface area contributed by atoms with E-state index in [0.717, 1.165) is 29.7 Å². The number of rotatable bonds is 5. The molecule has 0 saturated heterocycles. The first-order chi connectivity index (χ1) is 15.6. The zero-order chi connectivity index (χ0) is 23.8. The molecule has 0 atom stereocenters. The van der Waals surface area contributed by atoms with E-state index in [1.54, 1.807) is 25.1 Å². The number of aromatic nitrogens is 3. The Morgan fingerprint density at radius 3 is 2.39 bits per heavy atom. The number of hydrogen-bond donors (Lipinski definition) is 1. The third-order valence-corrected chi connectivity index (χ3v) is 5.86. The number of halogens is 5. The van der Waals surface area contributed by atoms with Crippen LogP contribution in [0.1, 0.15) is 32.2 Å². The molecular formula is C22H15F5N4OS. The van der Waals surface area contributed by atoms with E-state index in [-0.39, 0.29) is 11.6 Å². The summed E-state index contributed by atoms with van der Waals surface area (Å²) in [6, 6.07) is 11.0. The van der Waals surface area contributed by atoms with E-state index in [0.29, 0.717) is 20.8 Å². The number of nitrogens with zero attached hydrogens (tertiary/aromatic N) is 3. The molecule has 170 valence electrons. The fraction of sp³-hybridized carbons (Fsp3) is 0.136. The Morgan fingerprint density at radius 1 is 1.06 bits per heavy atom. The zero-order valence-electron chi connectivity index (χ0n) is 17.0. The fourth-order valence-electron chi connectivity index (χ4n) is 3.22. The molecule has 4 aromatic rings. The summed E-state index contributed by atoms with van der Waals surface area (Å²) < 4.78 is 69.8. The number of carbonyl (C=O) groups excluding carboxylic acids is 1. The lowest BCUT2D eigenvalue weighted by Crippen LogP contribution is -2.21. The molecule has 0 bridgehead atoms. The van der Waals surface area contributed by atoms with Gasteiger partial charge in [-0.15, -0.1) is 11.3 Å². The van der Waals surface area contributed by atoms with Crippen molar-refractivity contribution in [2.75, 3.05) is 5.32 Å². The van der Waals surface area contributed by atoms with Gasteiger partial charge in [0.1, 0.15) is 17.3 Å². The maximum atomic E-state index is 14.1. The number of carbonyl (C=O) groups is 1. The van der Waals surface area contributed by atoms with Crippen LogP contribution in [-0.2, 0) is 12.6 Å². The number of thiazole rings is 1. The van der Waals surface area contributed by atoms with Crippen molar-refractivity contribution in [3.05, 3.63) is 93.8 Å². The Balaban J connectivity index is 1.63. The molecule has 0 fully saturated rings. The Kier molecular flexibility index (Phi) is 5.98. The molecule has 33 heavy (non-hydrogen) atoms. The van der Waals surface area contributed by atoms with E-state index in [9.17, 15) is 26.7 Å². The van der Waals surface area contributed by atoms with Gasteiger partial charge in [0.05, 0.1) is 17.5 Å². The molecule has 1 N–H and O–H groups in total. The van der Waals surface area contributed by atoms with Gasteiger partial charge in [0.25, 0.3) is 5.91 Å². The van der Waals surface area contributed by atoms with Crippen LogP contribution in [0.2, 0.25) is 0 Å².